The summed E-state index contributed by atoms with van der Waals surface area (Å²) in [5.41, 5.74) is 0.488. The van der Waals surface area contributed by atoms with E-state index in [-0.39, 0.29) is 47.7 Å². The summed E-state index contributed by atoms with van der Waals surface area (Å²) in [5.74, 6) is -0.494. The average molecular weight is 466 g/mol. The molecule has 0 aromatic rings. The Morgan fingerprint density at radius 2 is 1.76 bits per heavy atom. The minimum Gasteiger partial charge on any atom is -0.463 e. The third-order valence-corrected chi connectivity index (χ3v) is 6.78. The van der Waals surface area contributed by atoms with Crippen LogP contribution in [0.5, 0.6) is 0 Å². The Morgan fingerprint density at radius 3 is 2.27 bits per heavy atom. The minimum absolute atomic E-state index is 0.0623. The Kier molecular flexibility index (Phi) is 12.1. The summed E-state index contributed by atoms with van der Waals surface area (Å²) in [5, 5.41) is 3.08. The summed E-state index contributed by atoms with van der Waals surface area (Å²) in [7, 11) is 1.76. The number of carbonyl (C=O) groups is 3. The van der Waals surface area contributed by atoms with Gasteiger partial charge in [-0.3, -0.25) is 14.5 Å². The zero-order chi connectivity index (χ0) is 25.3. The lowest BCUT2D eigenvalue weighted by Gasteiger charge is -2.39. The molecule has 2 amide bonds. The maximum atomic E-state index is 13.6. The molecule has 0 radical (unpaired) electrons. The number of amides is 2. The number of esters is 1. The third-order valence-electron chi connectivity index (χ3n) is 6.78. The van der Waals surface area contributed by atoms with E-state index in [1.165, 1.54) is 0 Å². The third kappa shape index (κ3) is 8.13. The van der Waals surface area contributed by atoms with Gasteiger partial charge in [0.1, 0.15) is 6.04 Å². The van der Waals surface area contributed by atoms with E-state index in [0.29, 0.717) is 12.2 Å². The van der Waals surface area contributed by atoms with Gasteiger partial charge < -0.3 is 15.0 Å². The molecule has 0 bridgehead atoms. The van der Waals surface area contributed by atoms with E-state index >= 15 is 0 Å². The normalized spacial score (nSPS) is 20.3. The van der Waals surface area contributed by atoms with Crippen LogP contribution in [0.15, 0.2) is 11.6 Å². The summed E-state index contributed by atoms with van der Waals surface area (Å²) in [6.07, 6.45) is 5.61. The fraction of sp³-hybridized carbons (Fsp3) is 0.808. The molecule has 1 unspecified atom stereocenters. The fourth-order valence-electron chi connectivity index (χ4n) is 4.45. The smallest absolute Gasteiger partial charge is 0.333 e. The number of piperidine rings is 1. The Balaban J connectivity index is 3.10. The predicted octanol–water partition coefficient (Wildman–Crippen LogP) is 3.77. The van der Waals surface area contributed by atoms with Crippen molar-refractivity contribution in [2.24, 2.45) is 11.8 Å². The van der Waals surface area contributed by atoms with Crippen molar-refractivity contribution in [3.63, 3.8) is 0 Å². The van der Waals surface area contributed by atoms with Crippen molar-refractivity contribution in [2.45, 2.75) is 105 Å². The maximum Gasteiger partial charge on any atom is 0.333 e. The molecule has 0 saturated carbocycles. The molecule has 1 aliphatic rings. The maximum absolute atomic E-state index is 13.6. The number of nitrogens with one attached hydrogen (secondary N) is 1. The van der Waals surface area contributed by atoms with Crippen LogP contribution in [-0.2, 0) is 19.1 Å². The predicted molar refractivity (Wildman–Crippen MR) is 133 cm³/mol. The summed E-state index contributed by atoms with van der Waals surface area (Å²) in [6, 6.07) is -0.815. The summed E-state index contributed by atoms with van der Waals surface area (Å²) in [6.45, 7) is 17.0. The molecule has 1 N–H and O–H groups in total. The van der Waals surface area contributed by atoms with E-state index in [9.17, 15) is 14.4 Å². The Morgan fingerprint density at radius 1 is 1.12 bits per heavy atom. The Labute approximate surface area is 201 Å². The second kappa shape index (κ2) is 13.7. The molecular weight excluding hydrogens is 418 g/mol. The molecule has 7 heteroatoms. The molecule has 1 heterocycles. The van der Waals surface area contributed by atoms with Gasteiger partial charge in [0.2, 0.25) is 11.8 Å². The minimum atomic E-state index is -0.624. The van der Waals surface area contributed by atoms with Gasteiger partial charge in [-0.25, -0.2) is 4.79 Å². The Bertz CT molecular complexity index is 689. The van der Waals surface area contributed by atoms with Crippen molar-refractivity contribution in [3.8, 4) is 0 Å². The van der Waals surface area contributed by atoms with Crippen LogP contribution in [0.1, 0.15) is 81.1 Å². The van der Waals surface area contributed by atoms with Crippen molar-refractivity contribution < 1.29 is 19.1 Å². The lowest BCUT2D eigenvalue weighted by Crippen LogP contribution is -2.58. The van der Waals surface area contributed by atoms with Crippen molar-refractivity contribution in [1.29, 1.82) is 0 Å². The standard InChI is InChI=1S/C26H47N3O4/c1-10-19(7)22(16-20(8)26(32)33-11-2)28(9)25(31)23(17(3)4)27-24(30)21-14-12-13-15-29(21)18(5)6/h16-19,21-23H,10-15H2,1-9H3,(H,27,30)/b20-16+/t19-,21?,22+,23-/m0/s1. The van der Waals surface area contributed by atoms with Crippen LogP contribution >= 0.6 is 0 Å². The number of rotatable bonds is 11. The van der Waals surface area contributed by atoms with Crippen LogP contribution in [0.3, 0.4) is 0 Å². The highest BCUT2D eigenvalue weighted by atomic mass is 16.5. The molecule has 7 nitrogen and oxygen atoms in total. The first-order valence-electron chi connectivity index (χ1n) is 12.6. The summed E-state index contributed by atoms with van der Waals surface area (Å²) < 4.78 is 5.12. The number of ether oxygens (including phenoxy) is 1. The Hall–Kier alpha value is -1.89. The van der Waals surface area contributed by atoms with Crippen LogP contribution in [0.4, 0.5) is 0 Å². The van der Waals surface area contributed by atoms with Crippen molar-refractivity contribution in [1.82, 2.24) is 15.1 Å². The number of hydrogen-bond acceptors (Lipinski definition) is 5. The van der Waals surface area contributed by atoms with Crippen LogP contribution in [0, 0.1) is 11.8 Å². The van der Waals surface area contributed by atoms with Gasteiger partial charge in [0.25, 0.3) is 0 Å². The van der Waals surface area contributed by atoms with E-state index in [0.717, 1.165) is 32.2 Å². The van der Waals surface area contributed by atoms with Crippen LogP contribution < -0.4 is 5.32 Å². The molecule has 0 aromatic carbocycles. The SMILES string of the molecule is CCOC(=O)/C(C)=C/[C@H]([C@@H](C)CC)N(C)C(=O)[C@@H](NC(=O)C1CCCCN1C(C)C)C(C)C. The highest BCUT2D eigenvalue weighted by Gasteiger charge is 2.36. The lowest BCUT2D eigenvalue weighted by molar-refractivity contribution is -0.140. The van der Waals surface area contributed by atoms with Gasteiger partial charge in [0.15, 0.2) is 0 Å². The van der Waals surface area contributed by atoms with E-state index in [1.54, 1.807) is 25.8 Å². The second-order valence-electron chi connectivity index (χ2n) is 9.97. The summed E-state index contributed by atoms with van der Waals surface area (Å²) >= 11 is 0. The number of likely N-dealkylation sites (N-methyl/N-ethyl adjacent to an activating group) is 1. The van der Waals surface area contributed by atoms with Gasteiger partial charge in [-0.05, 0) is 58.9 Å². The largest absolute Gasteiger partial charge is 0.463 e. The number of likely N-dealkylation sites (tertiary alicyclic amines) is 1. The van der Waals surface area contributed by atoms with Crippen LogP contribution in [-0.4, -0.2) is 72.0 Å². The molecule has 1 fully saturated rings. The molecule has 33 heavy (non-hydrogen) atoms. The molecule has 1 aliphatic heterocycles. The molecule has 190 valence electrons. The molecule has 0 aromatic heterocycles. The molecule has 0 aliphatic carbocycles. The summed E-state index contributed by atoms with van der Waals surface area (Å²) in [4.78, 5) is 43.0. The van der Waals surface area contributed by atoms with E-state index in [2.05, 4.69) is 37.9 Å². The fourth-order valence-corrected chi connectivity index (χ4v) is 4.45. The van der Waals surface area contributed by atoms with Gasteiger partial charge in [-0.2, -0.15) is 0 Å². The van der Waals surface area contributed by atoms with Gasteiger partial charge in [0.05, 0.1) is 18.7 Å². The first-order chi connectivity index (χ1) is 15.5. The molecule has 0 spiro atoms. The first-order valence-corrected chi connectivity index (χ1v) is 12.6. The quantitative estimate of drug-likeness (QED) is 0.371. The zero-order valence-electron chi connectivity index (χ0n) is 22.3. The van der Waals surface area contributed by atoms with Gasteiger partial charge in [-0.15, -0.1) is 0 Å². The molecule has 1 rings (SSSR count). The number of hydrogen-bond donors (Lipinski definition) is 1. The second-order valence-corrected chi connectivity index (χ2v) is 9.97. The highest BCUT2D eigenvalue weighted by Crippen LogP contribution is 2.22. The molecule has 4 atom stereocenters. The molecule has 1 saturated heterocycles. The van der Waals surface area contributed by atoms with Gasteiger partial charge >= 0.3 is 5.97 Å². The number of carbonyl (C=O) groups excluding carboxylic acids is 3. The van der Waals surface area contributed by atoms with Crippen LogP contribution in [0.2, 0.25) is 0 Å². The van der Waals surface area contributed by atoms with E-state index in [1.807, 2.05) is 19.9 Å². The van der Waals surface area contributed by atoms with Gasteiger partial charge in [-0.1, -0.05) is 46.6 Å². The monoisotopic (exact) mass is 465 g/mol. The van der Waals surface area contributed by atoms with Gasteiger partial charge in [0, 0.05) is 18.7 Å². The average Bonchev–Trinajstić information content (AvgIpc) is 2.79. The highest BCUT2D eigenvalue weighted by molar-refractivity contribution is 5.91. The van der Waals surface area contributed by atoms with E-state index in [4.69, 9.17) is 4.74 Å². The lowest BCUT2D eigenvalue weighted by atomic mass is 9.93. The number of nitrogens with zero attached hydrogens (tertiary/aromatic N) is 2. The topological polar surface area (TPSA) is 79.0 Å². The zero-order valence-corrected chi connectivity index (χ0v) is 22.3. The van der Waals surface area contributed by atoms with Crippen molar-refractivity contribution in [3.05, 3.63) is 11.6 Å². The first kappa shape index (κ1) is 29.1. The molecular formula is C26H47N3O4. The van der Waals surface area contributed by atoms with E-state index < -0.39 is 6.04 Å². The van der Waals surface area contributed by atoms with Crippen molar-refractivity contribution in [2.75, 3.05) is 20.2 Å². The van der Waals surface area contributed by atoms with Crippen molar-refractivity contribution >= 4 is 17.8 Å². The van der Waals surface area contributed by atoms with Crippen LogP contribution in [0.25, 0.3) is 0 Å².